The van der Waals surface area contributed by atoms with Crippen molar-refractivity contribution in [3.8, 4) is 0 Å². The maximum Gasteiger partial charge on any atom is 0.337 e. The van der Waals surface area contributed by atoms with Gasteiger partial charge in [0.2, 0.25) is 0 Å². The molecule has 1 rings (SSSR count). The quantitative estimate of drug-likeness (QED) is 0.546. The van der Waals surface area contributed by atoms with Gasteiger partial charge in [0.25, 0.3) is 0 Å². The molecule has 1 aromatic heterocycles. The van der Waals surface area contributed by atoms with E-state index in [1.54, 1.807) is 0 Å². The standard InChI is InChI=1S/C6H6N2O2.2H2O/c7-5-2-1-4(3-8-5)6(9)10;;/h1-3H,(H2,7,8)(H,9,10);2*1H2. The monoisotopic (exact) mass is 174 g/mol. The second kappa shape index (κ2) is 5.05. The third-order valence-corrected chi connectivity index (χ3v) is 1.03. The molecule has 0 spiro atoms. The second-order valence-electron chi connectivity index (χ2n) is 1.78. The van der Waals surface area contributed by atoms with Gasteiger partial charge in [-0.1, -0.05) is 0 Å². The minimum Gasteiger partial charge on any atom is -0.478 e. The van der Waals surface area contributed by atoms with Crippen molar-refractivity contribution in [3.63, 3.8) is 0 Å². The zero-order valence-corrected chi connectivity index (χ0v) is 6.11. The van der Waals surface area contributed by atoms with Crippen LogP contribution in [0, 0.1) is 0 Å². The number of carboxylic acid groups (broad SMARTS) is 1. The minimum atomic E-state index is -0.993. The molecule has 0 aliphatic rings. The number of nitrogens with two attached hydrogens (primary N) is 1. The van der Waals surface area contributed by atoms with Crippen LogP contribution in [0.4, 0.5) is 5.82 Å². The Bertz CT molecular complexity index is 246. The van der Waals surface area contributed by atoms with E-state index in [1.165, 1.54) is 18.3 Å². The fraction of sp³-hybridized carbons (Fsp3) is 0. The van der Waals surface area contributed by atoms with E-state index in [2.05, 4.69) is 4.98 Å². The van der Waals surface area contributed by atoms with Crippen LogP contribution in [0.1, 0.15) is 10.4 Å². The first-order valence-electron chi connectivity index (χ1n) is 2.65. The summed E-state index contributed by atoms with van der Waals surface area (Å²) >= 11 is 0. The van der Waals surface area contributed by atoms with Gasteiger partial charge in [-0.2, -0.15) is 0 Å². The number of pyridine rings is 1. The molecule has 0 unspecified atom stereocenters. The summed E-state index contributed by atoms with van der Waals surface area (Å²) in [5, 5.41) is 8.39. The average Bonchev–Trinajstić information content (AvgIpc) is 1.88. The van der Waals surface area contributed by atoms with Gasteiger partial charge in [-0.3, -0.25) is 0 Å². The van der Waals surface area contributed by atoms with E-state index in [0.29, 0.717) is 5.82 Å². The fourth-order valence-corrected chi connectivity index (χ4v) is 0.532. The Hall–Kier alpha value is -1.66. The van der Waals surface area contributed by atoms with E-state index in [-0.39, 0.29) is 16.5 Å². The van der Waals surface area contributed by atoms with Gasteiger partial charge in [-0.25, -0.2) is 9.78 Å². The molecule has 1 heterocycles. The van der Waals surface area contributed by atoms with E-state index >= 15 is 0 Å². The second-order valence-corrected chi connectivity index (χ2v) is 1.78. The molecular weight excluding hydrogens is 164 g/mol. The zero-order valence-electron chi connectivity index (χ0n) is 6.11. The molecule has 0 atom stereocenters. The number of nitrogens with zero attached hydrogens (tertiary/aromatic N) is 1. The lowest BCUT2D eigenvalue weighted by Crippen LogP contribution is -1.98. The molecular formula is C6H10N2O4. The van der Waals surface area contributed by atoms with Crippen molar-refractivity contribution >= 4 is 11.8 Å². The van der Waals surface area contributed by atoms with Crippen LogP contribution < -0.4 is 5.73 Å². The highest BCUT2D eigenvalue weighted by molar-refractivity contribution is 5.87. The number of hydrogen-bond donors (Lipinski definition) is 2. The third-order valence-electron chi connectivity index (χ3n) is 1.03. The number of aromatic carboxylic acids is 1. The van der Waals surface area contributed by atoms with E-state index in [0.717, 1.165) is 0 Å². The lowest BCUT2D eigenvalue weighted by atomic mass is 10.3. The first kappa shape index (κ1) is 13.0. The van der Waals surface area contributed by atoms with E-state index in [9.17, 15) is 4.79 Å². The first-order valence-corrected chi connectivity index (χ1v) is 2.65. The van der Waals surface area contributed by atoms with Gasteiger partial charge >= 0.3 is 5.97 Å². The molecule has 6 nitrogen and oxygen atoms in total. The largest absolute Gasteiger partial charge is 0.478 e. The Morgan fingerprint density at radius 2 is 2.00 bits per heavy atom. The molecule has 6 heteroatoms. The number of aromatic nitrogens is 1. The maximum atomic E-state index is 10.2. The molecule has 68 valence electrons. The molecule has 0 fully saturated rings. The van der Waals surface area contributed by atoms with E-state index in [4.69, 9.17) is 10.8 Å². The van der Waals surface area contributed by atoms with Gasteiger partial charge in [-0.15, -0.1) is 0 Å². The van der Waals surface area contributed by atoms with Gasteiger partial charge in [0.15, 0.2) is 0 Å². The van der Waals surface area contributed by atoms with Gasteiger partial charge in [0, 0.05) is 6.20 Å². The number of carbonyl (C=O) groups is 1. The Labute approximate surface area is 68.3 Å². The summed E-state index contributed by atoms with van der Waals surface area (Å²) < 4.78 is 0. The van der Waals surface area contributed by atoms with Gasteiger partial charge < -0.3 is 21.8 Å². The molecule has 0 aliphatic heterocycles. The zero-order chi connectivity index (χ0) is 7.56. The summed E-state index contributed by atoms with van der Waals surface area (Å²) in [7, 11) is 0. The lowest BCUT2D eigenvalue weighted by molar-refractivity contribution is 0.0696. The third kappa shape index (κ3) is 2.95. The van der Waals surface area contributed by atoms with E-state index in [1.807, 2.05) is 0 Å². The van der Waals surface area contributed by atoms with Crippen molar-refractivity contribution in [1.82, 2.24) is 4.98 Å². The summed E-state index contributed by atoms with van der Waals surface area (Å²) in [6.07, 6.45) is 1.22. The molecule has 0 saturated carbocycles. The highest BCUT2D eigenvalue weighted by Crippen LogP contribution is 1.99. The smallest absolute Gasteiger partial charge is 0.337 e. The van der Waals surface area contributed by atoms with Crippen molar-refractivity contribution in [2.75, 3.05) is 5.73 Å². The van der Waals surface area contributed by atoms with E-state index < -0.39 is 5.97 Å². The summed E-state index contributed by atoms with van der Waals surface area (Å²) in [6, 6.07) is 2.86. The van der Waals surface area contributed by atoms with Crippen LogP contribution in [0.5, 0.6) is 0 Å². The van der Waals surface area contributed by atoms with Crippen molar-refractivity contribution in [2.24, 2.45) is 0 Å². The van der Waals surface area contributed by atoms with Crippen LogP contribution in [0.25, 0.3) is 0 Å². The molecule has 0 amide bonds. The highest BCUT2D eigenvalue weighted by atomic mass is 16.4. The van der Waals surface area contributed by atoms with Crippen LogP contribution in [0.2, 0.25) is 0 Å². The van der Waals surface area contributed by atoms with Crippen molar-refractivity contribution in [1.29, 1.82) is 0 Å². The molecule has 12 heavy (non-hydrogen) atoms. The number of rotatable bonds is 1. The lowest BCUT2D eigenvalue weighted by Gasteiger charge is -1.92. The number of nitrogen functional groups attached to an aromatic ring is 1. The Balaban J connectivity index is 0. The molecule has 7 N–H and O–H groups in total. The van der Waals surface area contributed by atoms with Gasteiger partial charge in [0.05, 0.1) is 5.56 Å². The number of hydrogen-bond acceptors (Lipinski definition) is 3. The predicted molar refractivity (Wildman–Crippen MR) is 42.8 cm³/mol. The summed E-state index contributed by atoms with van der Waals surface area (Å²) in [5.74, 6) is -0.669. The SMILES string of the molecule is Nc1ccc(C(=O)O)cn1.O.O. The highest BCUT2D eigenvalue weighted by Gasteiger charge is 1.99. The van der Waals surface area contributed by atoms with Crippen molar-refractivity contribution in [3.05, 3.63) is 23.9 Å². The first-order chi connectivity index (χ1) is 4.70. The minimum absolute atomic E-state index is 0. The Morgan fingerprint density at radius 1 is 1.42 bits per heavy atom. The molecule has 0 saturated heterocycles. The van der Waals surface area contributed by atoms with Crippen LogP contribution in [-0.2, 0) is 0 Å². The molecule has 0 aromatic carbocycles. The molecule has 0 aliphatic carbocycles. The van der Waals surface area contributed by atoms with Crippen molar-refractivity contribution in [2.45, 2.75) is 0 Å². The van der Waals surface area contributed by atoms with Crippen LogP contribution >= 0.6 is 0 Å². The Kier molecular flexibility index (Phi) is 5.46. The summed E-state index contributed by atoms with van der Waals surface area (Å²) in [6.45, 7) is 0. The topological polar surface area (TPSA) is 139 Å². The molecule has 1 aromatic rings. The normalized spacial score (nSPS) is 7.67. The molecule has 0 radical (unpaired) electrons. The van der Waals surface area contributed by atoms with Crippen LogP contribution in [-0.4, -0.2) is 27.0 Å². The predicted octanol–water partition coefficient (Wildman–Crippen LogP) is -1.29. The average molecular weight is 174 g/mol. The number of anilines is 1. The van der Waals surface area contributed by atoms with Gasteiger partial charge in [-0.05, 0) is 12.1 Å². The fourth-order valence-electron chi connectivity index (χ4n) is 0.532. The van der Waals surface area contributed by atoms with Crippen LogP contribution in [0.15, 0.2) is 18.3 Å². The molecule has 0 bridgehead atoms. The van der Waals surface area contributed by atoms with Crippen molar-refractivity contribution < 1.29 is 20.9 Å². The number of carboxylic acids is 1. The van der Waals surface area contributed by atoms with Crippen LogP contribution in [0.3, 0.4) is 0 Å². The van der Waals surface area contributed by atoms with Gasteiger partial charge in [0.1, 0.15) is 5.82 Å². The summed E-state index contributed by atoms with van der Waals surface area (Å²) in [4.78, 5) is 13.8. The summed E-state index contributed by atoms with van der Waals surface area (Å²) in [5.41, 5.74) is 5.37. The maximum absolute atomic E-state index is 10.2. The Morgan fingerprint density at radius 3 is 2.33 bits per heavy atom.